The van der Waals surface area contributed by atoms with Gasteiger partial charge in [0.2, 0.25) is 0 Å². The number of likely N-dealkylation sites (tertiary alicyclic amines) is 1. The van der Waals surface area contributed by atoms with Gasteiger partial charge in [-0.25, -0.2) is 19.9 Å². The molecule has 1 saturated carbocycles. The number of aryl methyl sites for hydroxylation is 1. The summed E-state index contributed by atoms with van der Waals surface area (Å²) in [5, 5.41) is 11.8. The Kier molecular flexibility index (Phi) is 4.48. The monoisotopic (exact) mass is 420 g/mol. The highest BCUT2D eigenvalue weighted by Crippen LogP contribution is 2.46. The maximum Gasteiger partial charge on any atom is 0.162 e. The lowest BCUT2D eigenvalue weighted by Gasteiger charge is -2.54. The zero-order valence-corrected chi connectivity index (χ0v) is 16.7. The highest BCUT2D eigenvalue weighted by Gasteiger charge is 2.52. The van der Waals surface area contributed by atoms with Crippen LogP contribution in [-0.2, 0) is 22.9 Å². The van der Waals surface area contributed by atoms with Gasteiger partial charge in [0.15, 0.2) is 5.72 Å². The van der Waals surface area contributed by atoms with Crippen molar-refractivity contribution >= 4 is 22.4 Å². The average molecular weight is 421 g/mol. The van der Waals surface area contributed by atoms with E-state index in [1.165, 1.54) is 6.33 Å². The van der Waals surface area contributed by atoms with Crippen LogP contribution in [-0.4, -0.2) is 59.0 Å². The summed E-state index contributed by atoms with van der Waals surface area (Å²) in [6.45, 7) is 1.65. The summed E-state index contributed by atoms with van der Waals surface area (Å²) in [6, 6.07) is 0.166. The summed E-state index contributed by atoms with van der Waals surface area (Å²) in [7, 11) is -1.20. The minimum Gasteiger partial charge on any atom is -0.370 e. The van der Waals surface area contributed by atoms with Crippen LogP contribution in [0.5, 0.6) is 0 Å². The zero-order valence-electron chi connectivity index (χ0n) is 15.2. The first-order valence-electron chi connectivity index (χ1n) is 9.40. The molecule has 4 atom stereocenters. The quantitative estimate of drug-likeness (QED) is 0.689. The van der Waals surface area contributed by atoms with E-state index in [0.29, 0.717) is 27.8 Å². The van der Waals surface area contributed by atoms with E-state index < -0.39 is 16.5 Å². The number of hydrogen-bond donors (Lipinski definition) is 2. The van der Waals surface area contributed by atoms with Crippen molar-refractivity contribution in [3.63, 3.8) is 0 Å². The van der Waals surface area contributed by atoms with Crippen LogP contribution in [0, 0.1) is 5.92 Å². The van der Waals surface area contributed by atoms with Crippen molar-refractivity contribution in [2.24, 2.45) is 11.7 Å². The lowest BCUT2D eigenvalue weighted by molar-refractivity contribution is -0.121. The van der Waals surface area contributed by atoms with Gasteiger partial charge in [-0.05, 0) is 12.8 Å². The van der Waals surface area contributed by atoms with E-state index in [2.05, 4.69) is 24.8 Å². The minimum absolute atomic E-state index is 0.156. The summed E-state index contributed by atoms with van der Waals surface area (Å²) in [5.41, 5.74) is 5.88. The Morgan fingerprint density at radius 3 is 2.64 bits per heavy atom. The van der Waals surface area contributed by atoms with Crippen molar-refractivity contribution in [3.05, 3.63) is 41.0 Å². The van der Waals surface area contributed by atoms with Crippen LogP contribution in [0.15, 0.2) is 23.6 Å². The molecule has 2 aliphatic heterocycles. The van der Waals surface area contributed by atoms with Gasteiger partial charge in [-0.1, -0.05) is 11.6 Å². The third-order valence-electron chi connectivity index (χ3n) is 6.20. The van der Waals surface area contributed by atoms with Gasteiger partial charge in [0.25, 0.3) is 0 Å². The maximum atomic E-state index is 12.4. The molecular weight excluding hydrogens is 400 g/mol. The molecule has 0 spiro atoms. The molecule has 0 bridgehead atoms. The highest BCUT2D eigenvalue weighted by molar-refractivity contribution is 7.85. The molecule has 148 valence electrons. The largest absolute Gasteiger partial charge is 0.370 e. The minimum atomic E-state index is -1.61. The normalized spacial score (nSPS) is 29.6. The third-order valence-corrected chi connectivity index (χ3v) is 7.85. The van der Waals surface area contributed by atoms with Crippen LogP contribution < -0.4 is 5.73 Å². The summed E-state index contributed by atoms with van der Waals surface area (Å²) in [6.07, 6.45) is 7.06. The van der Waals surface area contributed by atoms with Crippen LogP contribution >= 0.6 is 11.6 Å². The van der Waals surface area contributed by atoms with Gasteiger partial charge in [0.05, 0.1) is 26.4 Å². The number of nitrogens with zero attached hydrogens (tertiary/aromatic N) is 5. The van der Waals surface area contributed by atoms with Gasteiger partial charge in [0, 0.05) is 55.5 Å². The maximum absolute atomic E-state index is 12.4. The molecule has 0 aromatic carbocycles. The van der Waals surface area contributed by atoms with Crippen LogP contribution in [0.25, 0.3) is 0 Å². The van der Waals surface area contributed by atoms with Gasteiger partial charge in [0.1, 0.15) is 17.8 Å². The number of hydrogen-bond acceptors (Lipinski definition) is 8. The molecule has 8 nitrogen and oxygen atoms in total. The Morgan fingerprint density at radius 1 is 1.21 bits per heavy atom. The highest BCUT2D eigenvalue weighted by atomic mass is 35.5. The zero-order chi connectivity index (χ0) is 19.5. The van der Waals surface area contributed by atoms with Crippen molar-refractivity contribution in [1.82, 2.24) is 24.8 Å². The van der Waals surface area contributed by atoms with Crippen molar-refractivity contribution in [1.29, 1.82) is 0 Å². The second-order valence-corrected chi connectivity index (χ2v) is 9.73. The van der Waals surface area contributed by atoms with Gasteiger partial charge in [-0.2, -0.15) is 0 Å². The molecule has 0 radical (unpaired) electrons. The number of halogens is 1. The molecule has 3 aliphatic rings. The molecular formula is C18H21ClN6O2S. The van der Waals surface area contributed by atoms with Gasteiger partial charge in [-0.15, -0.1) is 0 Å². The first-order valence-corrected chi connectivity index (χ1v) is 11.1. The molecule has 5 rings (SSSR count). The number of nitrogens with two attached hydrogens (primary N) is 1. The van der Waals surface area contributed by atoms with Crippen molar-refractivity contribution < 1.29 is 9.32 Å². The Balaban J connectivity index is 1.32. The number of fused-ring (bicyclic) bond motifs is 1. The van der Waals surface area contributed by atoms with Crippen LogP contribution in [0.3, 0.4) is 0 Å². The number of aromatic nitrogens is 4. The molecule has 1 aliphatic carbocycles. The predicted molar refractivity (Wildman–Crippen MR) is 103 cm³/mol. The van der Waals surface area contributed by atoms with Crippen LogP contribution in [0.1, 0.15) is 36.0 Å². The first kappa shape index (κ1) is 18.5. The SMILES string of the molecule is N[C@](O)(c1ncnc2c1S(=O)CC2)C1CCC1N1CC(c2ncc(Cl)cn2)C1. The van der Waals surface area contributed by atoms with Crippen molar-refractivity contribution in [3.8, 4) is 0 Å². The van der Waals surface area contributed by atoms with Crippen LogP contribution in [0.4, 0.5) is 0 Å². The fourth-order valence-corrected chi connectivity index (χ4v) is 6.02. The molecule has 3 unspecified atom stereocenters. The average Bonchev–Trinajstić information content (AvgIpc) is 2.98. The Morgan fingerprint density at radius 2 is 1.96 bits per heavy atom. The van der Waals surface area contributed by atoms with E-state index >= 15 is 0 Å². The number of aliphatic hydroxyl groups is 1. The van der Waals surface area contributed by atoms with Crippen molar-refractivity contribution in [2.75, 3.05) is 18.8 Å². The predicted octanol–water partition coefficient (Wildman–Crippen LogP) is 0.565. The van der Waals surface area contributed by atoms with E-state index in [0.717, 1.165) is 37.4 Å². The van der Waals surface area contributed by atoms with E-state index in [4.69, 9.17) is 17.3 Å². The fraction of sp³-hybridized carbons (Fsp3) is 0.556. The number of rotatable bonds is 4. The Hall–Kier alpha value is -1.52. The molecule has 1 saturated heterocycles. The first-order chi connectivity index (χ1) is 13.4. The van der Waals surface area contributed by atoms with Crippen LogP contribution in [0.2, 0.25) is 5.02 Å². The van der Waals surface area contributed by atoms with E-state index in [1.54, 1.807) is 12.4 Å². The summed E-state index contributed by atoms with van der Waals surface area (Å²) in [4.78, 5) is 19.9. The summed E-state index contributed by atoms with van der Waals surface area (Å²) in [5.74, 6) is 1.42. The van der Waals surface area contributed by atoms with Gasteiger partial charge < -0.3 is 5.11 Å². The Bertz CT molecular complexity index is 934. The van der Waals surface area contributed by atoms with Gasteiger partial charge in [-0.3, -0.25) is 14.8 Å². The summed E-state index contributed by atoms with van der Waals surface area (Å²) >= 11 is 5.86. The van der Waals surface area contributed by atoms with Gasteiger partial charge >= 0.3 is 0 Å². The van der Waals surface area contributed by atoms with E-state index in [-0.39, 0.29) is 17.9 Å². The van der Waals surface area contributed by atoms with E-state index in [9.17, 15) is 9.32 Å². The molecule has 28 heavy (non-hydrogen) atoms. The fourth-order valence-electron chi connectivity index (χ4n) is 4.49. The molecule has 3 N–H and O–H groups in total. The topological polar surface area (TPSA) is 118 Å². The van der Waals surface area contributed by atoms with Crippen molar-refractivity contribution in [2.45, 2.75) is 41.8 Å². The second kappa shape index (κ2) is 6.77. The summed E-state index contributed by atoms with van der Waals surface area (Å²) < 4.78 is 12.4. The lowest BCUT2D eigenvalue weighted by Crippen LogP contribution is -2.64. The lowest BCUT2D eigenvalue weighted by atomic mass is 9.69. The molecule has 10 heteroatoms. The molecule has 0 amide bonds. The molecule has 2 aromatic heterocycles. The Labute approximate surface area is 170 Å². The smallest absolute Gasteiger partial charge is 0.162 e. The molecule has 2 fully saturated rings. The van der Waals surface area contributed by atoms with E-state index in [1.807, 2.05) is 0 Å². The standard InChI is InChI=1S/C18H21ClN6O2S/c19-11-5-21-17(22-6-11)10-7-25(8-10)14-2-1-12(14)18(20,26)16-15-13(23-9-24-16)3-4-28(15)27/h5-6,9-10,12,14,26H,1-4,7-8,20H2/t12?,14?,18-,28?/m1/s1. The molecule has 4 heterocycles. The second-order valence-electron chi connectivity index (χ2n) is 7.78. The third kappa shape index (κ3) is 2.88. The molecule has 2 aromatic rings.